The van der Waals surface area contributed by atoms with Crippen molar-refractivity contribution in [3.8, 4) is 0 Å². The summed E-state index contributed by atoms with van der Waals surface area (Å²) in [5.41, 5.74) is -0.389. The number of anilines is 1. The van der Waals surface area contributed by atoms with E-state index >= 15 is 0 Å². The number of hydrogen-bond acceptors (Lipinski definition) is 5. The maximum Gasteiger partial charge on any atom is 0.416 e. The van der Waals surface area contributed by atoms with Crippen LogP contribution < -0.4 is 4.72 Å². The minimum Gasteiger partial charge on any atom is -0.253 e. The summed E-state index contributed by atoms with van der Waals surface area (Å²) in [6.45, 7) is 0. The summed E-state index contributed by atoms with van der Waals surface area (Å²) >= 11 is 12.5. The average Bonchev–Trinajstić information content (AvgIpc) is 3.03. The quantitative estimate of drug-likeness (QED) is 0.555. The van der Waals surface area contributed by atoms with Gasteiger partial charge in [-0.2, -0.15) is 13.2 Å². The smallest absolute Gasteiger partial charge is 0.253 e. The molecule has 3 aromatic rings. The molecular weight excluding hydrogens is 458 g/mol. The minimum atomic E-state index is -4.45. The van der Waals surface area contributed by atoms with Crippen LogP contribution in [-0.2, 0) is 22.6 Å². The predicted molar refractivity (Wildman–Crippen MR) is 101 cm³/mol. The first-order valence-electron chi connectivity index (χ1n) is 7.51. The first-order valence-corrected chi connectivity index (χ1v) is 10.6. The molecule has 0 saturated carbocycles. The molecule has 1 heterocycles. The van der Waals surface area contributed by atoms with Crippen molar-refractivity contribution >= 4 is 49.7 Å². The van der Waals surface area contributed by atoms with Crippen molar-refractivity contribution in [2.75, 3.05) is 4.72 Å². The van der Waals surface area contributed by atoms with E-state index < -0.39 is 21.8 Å². The molecule has 0 aliphatic carbocycles. The molecule has 0 aliphatic heterocycles. The molecule has 1 N–H and O–H groups in total. The highest BCUT2D eigenvalue weighted by Crippen LogP contribution is 2.31. The van der Waals surface area contributed by atoms with Crippen LogP contribution in [0.3, 0.4) is 0 Å². The first kappa shape index (κ1) is 20.8. The molecule has 28 heavy (non-hydrogen) atoms. The van der Waals surface area contributed by atoms with E-state index in [0.29, 0.717) is 10.6 Å². The molecule has 148 valence electrons. The van der Waals surface area contributed by atoms with Crippen LogP contribution in [0.1, 0.15) is 16.1 Å². The van der Waals surface area contributed by atoms with Gasteiger partial charge in [0.15, 0.2) is 0 Å². The van der Waals surface area contributed by atoms with Crippen LogP contribution in [0.5, 0.6) is 0 Å². The second kappa shape index (κ2) is 7.86. The Hall–Kier alpha value is -1.88. The highest BCUT2D eigenvalue weighted by molar-refractivity contribution is 7.93. The summed E-state index contributed by atoms with van der Waals surface area (Å²) in [6, 6.07) is 8.63. The number of benzene rings is 2. The van der Waals surface area contributed by atoms with E-state index in [0.717, 1.165) is 23.5 Å². The Labute approximate surface area is 172 Å². The molecule has 0 aliphatic rings. The molecule has 3 rings (SSSR count). The summed E-state index contributed by atoms with van der Waals surface area (Å²) in [7, 11) is -3.97. The van der Waals surface area contributed by atoms with E-state index in [4.69, 9.17) is 23.2 Å². The zero-order chi connectivity index (χ0) is 20.5. The Morgan fingerprint density at radius 2 is 1.79 bits per heavy atom. The first-order chi connectivity index (χ1) is 13.0. The molecule has 2 aromatic carbocycles. The van der Waals surface area contributed by atoms with E-state index in [9.17, 15) is 21.6 Å². The fourth-order valence-electron chi connectivity index (χ4n) is 2.22. The molecule has 0 amide bonds. The standard InChI is InChI=1S/C16H10Cl2F3N3O2S2/c17-12-5-4-11(8-13(12)18)28(25,26)24-15-23-22-14(27-15)7-9-2-1-3-10(6-9)16(19,20)21/h1-6,8H,7H2,(H,23,24). The molecule has 0 saturated heterocycles. The van der Waals surface area contributed by atoms with E-state index in [1.54, 1.807) is 0 Å². The van der Waals surface area contributed by atoms with Gasteiger partial charge in [-0.1, -0.05) is 52.7 Å². The summed E-state index contributed by atoms with van der Waals surface area (Å²) in [4.78, 5) is -0.114. The van der Waals surface area contributed by atoms with Gasteiger partial charge in [-0.25, -0.2) is 8.42 Å². The van der Waals surface area contributed by atoms with E-state index in [-0.39, 0.29) is 26.5 Å². The van der Waals surface area contributed by atoms with Gasteiger partial charge in [0.05, 0.1) is 20.5 Å². The Kier molecular flexibility index (Phi) is 5.85. The lowest BCUT2D eigenvalue weighted by molar-refractivity contribution is -0.137. The van der Waals surface area contributed by atoms with Crippen LogP contribution >= 0.6 is 34.5 Å². The zero-order valence-electron chi connectivity index (χ0n) is 13.7. The van der Waals surface area contributed by atoms with Crippen LogP contribution in [0.15, 0.2) is 47.4 Å². The van der Waals surface area contributed by atoms with Crippen molar-refractivity contribution in [2.45, 2.75) is 17.5 Å². The second-order valence-electron chi connectivity index (χ2n) is 5.56. The number of nitrogens with one attached hydrogen (secondary N) is 1. The highest BCUT2D eigenvalue weighted by atomic mass is 35.5. The number of rotatable bonds is 5. The number of sulfonamides is 1. The predicted octanol–water partition coefficient (Wildman–Crippen LogP) is 5.26. The van der Waals surface area contributed by atoms with Gasteiger partial charge in [-0.05, 0) is 29.8 Å². The van der Waals surface area contributed by atoms with E-state index in [1.165, 1.54) is 30.3 Å². The highest BCUT2D eigenvalue weighted by Gasteiger charge is 2.30. The fraction of sp³-hybridized carbons (Fsp3) is 0.125. The molecule has 0 radical (unpaired) electrons. The monoisotopic (exact) mass is 467 g/mol. The van der Waals surface area contributed by atoms with Crippen LogP contribution in [0.25, 0.3) is 0 Å². The van der Waals surface area contributed by atoms with Crippen molar-refractivity contribution in [1.82, 2.24) is 10.2 Å². The Morgan fingerprint density at radius 1 is 1.04 bits per heavy atom. The maximum absolute atomic E-state index is 12.8. The van der Waals surface area contributed by atoms with Crippen LogP contribution in [0, 0.1) is 0 Å². The van der Waals surface area contributed by atoms with Crippen LogP contribution in [0.4, 0.5) is 18.3 Å². The largest absolute Gasteiger partial charge is 0.416 e. The SMILES string of the molecule is O=S(=O)(Nc1nnc(Cc2cccc(C(F)(F)F)c2)s1)c1ccc(Cl)c(Cl)c1. The van der Waals surface area contributed by atoms with E-state index in [1.807, 2.05) is 0 Å². The van der Waals surface area contributed by atoms with Gasteiger partial charge >= 0.3 is 6.18 Å². The fourth-order valence-corrected chi connectivity index (χ4v) is 4.61. The zero-order valence-corrected chi connectivity index (χ0v) is 16.8. The lowest BCUT2D eigenvalue weighted by atomic mass is 10.1. The normalized spacial score (nSPS) is 12.2. The summed E-state index contributed by atoms with van der Waals surface area (Å²) < 4.78 is 65.4. The molecule has 5 nitrogen and oxygen atoms in total. The van der Waals surface area contributed by atoms with E-state index in [2.05, 4.69) is 14.9 Å². The van der Waals surface area contributed by atoms with Crippen molar-refractivity contribution in [1.29, 1.82) is 0 Å². The summed E-state index contributed by atoms with van der Waals surface area (Å²) in [5, 5.41) is 8.17. The average molecular weight is 468 g/mol. The summed E-state index contributed by atoms with van der Waals surface area (Å²) in [6.07, 6.45) is -4.37. The lowest BCUT2D eigenvalue weighted by Crippen LogP contribution is -2.12. The number of aromatic nitrogens is 2. The Balaban J connectivity index is 1.76. The lowest BCUT2D eigenvalue weighted by Gasteiger charge is -2.07. The molecule has 0 bridgehead atoms. The van der Waals surface area contributed by atoms with Gasteiger partial charge in [0, 0.05) is 6.42 Å². The topological polar surface area (TPSA) is 72.0 Å². The Morgan fingerprint density at radius 3 is 2.46 bits per heavy atom. The summed E-state index contributed by atoms with van der Waals surface area (Å²) in [5.74, 6) is 0. The Bertz CT molecular complexity index is 1120. The molecule has 0 fully saturated rings. The number of alkyl halides is 3. The third kappa shape index (κ3) is 4.93. The maximum atomic E-state index is 12.8. The van der Waals surface area contributed by atoms with Gasteiger partial charge in [0.25, 0.3) is 10.0 Å². The molecule has 1 aromatic heterocycles. The van der Waals surface area contributed by atoms with Gasteiger partial charge in [0.1, 0.15) is 5.01 Å². The molecule has 0 atom stereocenters. The molecular formula is C16H10Cl2F3N3O2S2. The third-order valence-electron chi connectivity index (χ3n) is 3.50. The van der Waals surface area contributed by atoms with Crippen molar-refractivity contribution in [3.05, 3.63) is 68.6 Å². The van der Waals surface area contributed by atoms with Gasteiger partial charge in [-0.3, -0.25) is 4.72 Å². The van der Waals surface area contributed by atoms with Crippen molar-refractivity contribution < 1.29 is 21.6 Å². The third-order valence-corrected chi connectivity index (χ3v) is 6.54. The minimum absolute atomic E-state index is 0.0203. The van der Waals surface area contributed by atoms with Gasteiger partial charge in [-0.15, -0.1) is 10.2 Å². The second-order valence-corrected chi connectivity index (χ2v) is 9.12. The molecule has 12 heteroatoms. The van der Waals surface area contributed by atoms with Crippen molar-refractivity contribution in [3.63, 3.8) is 0 Å². The molecule has 0 spiro atoms. The van der Waals surface area contributed by atoms with Crippen LogP contribution in [-0.4, -0.2) is 18.6 Å². The number of halogens is 5. The number of nitrogens with zero attached hydrogens (tertiary/aromatic N) is 2. The molecule has 0 unspecified atom stereocenters. The van der Waals surface area contributed by atoms with Crippen LogP contribution in [0.2, 0.25) is 10.0 Å². The van der Waals surface area contributed by atoms with Gasteiger partial charge in [0.2, 0.25) is 5.13 Å². The van der Waals surface area contributed by atoms with Gasteiger partial charge < -0.3 is 0 Å². The van der Waals surface area contributed by atoms with Crippen molar-refractivity contribution in [2.24, 2.45) is 0 Å². The number of hydrogen-bond donors (Lipinski definition) is 1.